The molecular weight excluding hydrogens is 308 g/mol. The fourth-order valence-corrected chi connectivity index (χ4v) is 6.07. The van der Waals surface area contributed by atoms with Gasteiger partial charge in [-0.25, -0.2) is 0 Å². The predicted molar refractivity (Wildman–Crippen MR) is 109 cm³/mol. The molecule has 0 atom stereocenters. The average molecular weight is 337 g/mol. The van der Waals surface area contributed by atoms with E-state index in [1.165, 1.54) is 26.1 Å². The molecule has 0 saturated heterocycles. The molecule has 0 aliphatic heterocycles. The van der Waals surface area contributed by atoms with Gasteiger partial charge in [-0.3, -0.25) is 0 Å². The number of rotatable bonds is 2. The zero-order chi connectivity index (χ0) is 17.5. The second-order valence-corrected chi connectivity index (χ2v) is 9.95. The van der Waals surface area contributed by atoms with Gasteiger partial charge in [0.1, 0.15) is 0 Å². The molecule has 1 aromatic heterocycles. The van der Waals surface area contributed by atoms with Gasteiger partial charge in [0.15, 0.2) is 0 Å². The molecule has 0 spiro atoms. The van der Waals surface area contributed by atoms with Gasteiger partial charge in [-0.2, -0.15) is 0 Å². The lowest BCUT2D eigenvalue weighted by Crippen LogP contribution is -2.30. The van der Waals surface area contributed by atoms with Crippen LogP contribution in [0.2, 0.25) is 0 Å². The van der Waals surface area contributed by atoms with Crippen molar-refractivity contribution in [3.8, 4) is 11.1 Å². The molecule has 0 nitrogen and oxygen atoms in total. The lowest BCUT2D eigenvalue weighted by Gasteiger charge is -2.41. The van der Waals surface area contributed by atoms with Crippen molar-refractivity contribution in [2.45, 2.75) is 47.5 Å². The maximum absolute atomic E-state index is 2.38. The summed E-state index contributed by atoms with van der Waals surface area (Å²) in [6.45, 7) is 14.3. The second-order valence-electron chi connectivity index (χ2n) is 8.87. The molecule has 2 aromatic carbocycles. The number of hydrogen-bond acceptors (Lipinski definition) is 1. The van der Waals surface area contributed by atoms with Gasteiger partial charge in [0, 0.05) is 26.4 Å². The Bertz CT molecular complexity index is 812. The molecule has 0 unspecified atom stereocenters. The molecule has 0 amide bonds. The van der Waals surface area contributed by atoms with Crippen LogP contribution in [0.4, 0.5) is 0 Å². The Kier molecular flexibility index (Phi) is 4.34. The number of benzene rings is 2. The van der Waals surface area contributed by atoms with Gasteiger partial charge in [0.2, 0.25) is 0 Å². The first-order valence-corrected chi connectivity index (χ1v) is 9.58. The van der Waals surface area contributed by atoms with Gasteiger partial charge in [-0.1, -0.05) is 90.1 Å². The normalized spacial score (nSPS) is 13.0. The van der Waals surface area contributed by atoms with Crippen molar-refractivity contribution < 1.29 is 0 Å². The van der Waals surface area contributed by atoms with Crippen LogP contribution in [0.25, 0.3) is 21.2 Å². The van der Waals surface area contributed by atoms with E-state index in [4.69, 9.17) is 0 Å². The lowest BCUT2D eigenvalue weighted by atomic mass is 9.65. The predicted octanol–water partition coefficient (Wildman–Crippen LogP) is 7.74. The Balaban J connectivity index is 2.35. The Morgan fingerprint density at radius 1 is 0.708 bits per heavy atom. The first-order valence-electron chi connectivity index (χ1n) is 8.76. The van der Waals surface area contributed by atoms with E-state index < -0.39 is 0 Å². The van der Waals surface area contributed by atoms with Crippen LogP contribution in [-0.4, -0.2) is 0 Å². The van der Waals surface area contributed by atoms with Crippen LogP contribution in [0.1, 0.15) is 52.3 Å². The van der Waals surface area contributed by atoms with Gasteiger partial charge in [-0.15, -0.1) is 11.3 Å². The molecule has 126 valence electrons. The van der Waals surface area contributed by atoms with E-state index >= 15 is 0 Å². The largest absolute Gasteiger partial charge is 0.139 e. The minimum atomic E-state index is 0.211. The summed E-state index contributed by atoms with van der Waals surface area (Å²) in [4.78, 5) is 1.53. The standard InChI is InChI=1S/C23H28S/c1-22(2,3)21(23(4,5)6)20-19(16-12-8-7-9-13-16)17-14-10-11-15-18(17)24-20/h7-15,21H,1-6H3. The van der Waals surface area contributed by atoms with Crippen LogP contribution in [0.3, 0.4) is 0 Å². The van der Waals surface area contributed by atoms with E-state index in [0.717, 1.165) is 0 Å². The van der Waals surface area contributed by atoms with E-state index in [2.05, 4.69) is 96.1 Å². The number of thiophene rings is 1. The summed E-state index contributed by atoms with van der Waals surface area (Å²) in [5, 5.41) is 1.39. The highest BCUT2D eigenvalue weighted by Crippen LogP contribution is 2.54. The monoisotopic (exact) mass is 336 g/mol. The highest BCUT2D eigenvalue weighted by Gasteiger charge is 2.39. The molecule has 1 heteroatoms. The summed E-state index contributed by atoms with van der Waals surface area (Å²) in [5.41, 5.74) is 3.19. The van der Waals surface area contributed by atoms with E-state index in [0.29, 0.717) is 5.92 Å². The zero-order valence-corrected chi connectivity index (χ0v) is 16.5. The van der Waals surface area contributed by atoms with Crippen molar-refractivity contribution in [2.75, 3.05) is 0 Å². The Labute approximate surface area is 150 Å². The van der Waals surface area contributed by atoms with Crippen LogP contribution >= 0.6 is 11.3 Å². The van der Waals surface area contributed by atoms with Crippen molar-refractivity contribution in [1.29, 1.82) is 0 Å². The SMILES string of the molecule is CC(C)(C)C(c1sc2ccccc2c1-c1ccccc1)C(C)(C)C. The van der Waals surface area contributed by atoms with Crippen molar-refractivity contribution >= 4 is 21.4 Å². The lowest BCUT2D eigenvalue weighted by molar-refractivity contribution is 0.180. The van der Waals surface area contributed by atoms with Crippen LogP contribution in [-0.2, 0) is 0 Å². The summed E-state index contributed by atoms with van der Waals surface area (Å²) < 4.78 is 1.39. The molecule has 24 heavy (non-hydrogen) atoms. The molecule has 0 N–H and O–H groups in total. The minimum absolute atomic E-state index is 0.211. The third kappa shape index (κ3) is 3.15. The number of hydrogen-bond donors (Lipinski definition) is 0. The topological polar surface area (TPSA) is 0 Å². The van der Waals surface area contributed by atoms with Crippen LogP contribution < -0.4 is 0 Å². The highest BCUT2D eigenvalue weighted by atomic mass is 32.1. The second kappa shape index (κ2) is 6.04. The van der Waals surface area contributed by atoms with Crippen molar-refractivity contribution in [1.82, 2.24) is 0 Å². The summed E-state index contributed by atoms with van der Waals surface area (Å²) >= 11 is 1.98. The van der Waals surface area contributed by atoms with Gasteiger partial charge in [0.25, 0.3) is 0 Å². The molecule has 0 saturated carbocycles. The summed E-state index contributed by atoms with van der Waals surface area (Å²) in [6.07, 6.45) is 0. The first kappa shape index (κ1) is 17.2. The Morgan fingerprint density at radius 3 is 1.83 bits per heavy atom. The molecule has 3 aromatic rings. The van der Waals surface area contributed by atoms with E-state index in [9.17, 15) is 0 Å². The summed E-state index contributed by atoms with van der Waals surface area (Å²) in [7, 11) is 0. The Morgan fingerprint density at radius 2 is 1.25 bits per heavy atom. The number of fused-ring (bicyclic) bond motifs is 1. The maximum atomic E-state index is 2.38. The summed E-state index contributed by atoms with van der Waals surface area (Å²) in [6, 6.07) is 19.8. The van der Waals surface area contributed by atoms with E-state index in [1.807, 2.05) is 11.3 Å². The van der Waals surface area contributed by atoms with Crippen LogP contribution in [0.15, 0.2) is 54.6 Å². The fourth-order valence-electron chi connectivity index (χ4n) is 4.26. The Hall–Kier alpha value is -1.60. The molecule has 1 heterocycles. The molecule has 0 fully saturated rings. The molecule has 0 aliphatic carbocycles. The maximum Gasteiger partial charge on any atom is 0.0352 e. The van der Waals surface area contributed by atoms with Crippen molar-refractivity contribution in [3.63, 3.8) is 0 Å². The molecule has 0 bridgehead atoms. The van der Waals surface area contributed by atoms with Crippen LogP contribution in [0, 0.1) is 10.8 Å². The van der Waals surface area contributed by atoms with Crippen molar-refractivity contribution in [2.24, 2.45) is 10.8 Å². The van der Waals surface area contributed by atoms with Gasteiger partial charge in [0.05, 0.1) is 0 Å². The van der Waals surface area contributed by atoms with Gasteiger partial charge >= 0.3 is 0 Å². The van der Waals surface area contributed by atoms with Gasteiger partial charge < -0.3 is 0 Å². The summed E-state index contributed by atoms with van der Waals surface area (Å²) in [5.74, 6) is 0.498. The first-order chi connectivity index (χ1) is 11.2. The molecule has 0 aliphatic rings. The smallest absolute Gasteiger partial charge is 0.0352 e. The van der Waals surface area contributed by atoms with Crippen molar-refractivity contribution in [3.05, 3.63) is 59.5 Å². The van der Waals surface area contributed by atoms with Gasteiger partial charge in [-0.05, 0) is 22.5 Å². The minimum Gasteiger partial charge on any atom is -0.139 e. The van der Waals surface area contributed by atoms with E-state index in [-0.39, 0.29) is 10.8 Å². The average Bonchev–Trinajstić information content (AvgIpc) is 2.83. The zero-order valence-electron chi connectivity index (χ0n) is 15.7. The fraction of sp³-hybridized carbons (Fsp3) is 0.391. The molecule has 3 rings (SSSR count). The molecule has 0 radical (unpaired) electrons. The third-order valence-electron chi connectivity index (χ3n) is 4.68. The highest BCUT2D eigenvalue weighted by molar-refractivity contribution is 7.19. The third-order valence-corrected chi connectivity index (χ3v) is 5.92. The van der Waals surface area contributed by atoms with Crippen LogP contribution in [0.5, 0.6) is 0 Å². The van der Waals surface area contributed by atoms with E-state index in [1.54, 1.807) is 0 Å². The molecular formula is C23H28S. The quantitative estimate of drug-likeness (QED) is 0.449.